The van der Waals surface area contributed by atoms with Crippen LogP contribution in [0.2, 0.25) is 0 Å². The zero-order valence-corrected chi connectivity index (χ0v) is 19.1. The van der Waals surface area contributed by atoms with E-state index in [1.54, 1.807) is 30.3 Å². The number of imide groups is 1. The standard InChI is InChI=1S/C24H29N5O4/c1-23(2,3)16-9-11-24(12-10-16)21(32)29(22(33)26-24)14-20(31)25-17-6-4-5-15(13-17)18-7-8-19(30)28-27-18/h4-8,13,16H,9-12,14H2,1-3H3,(H,25,31)(H,26,33)(H,28,30). The van der Waals surface area contributed by atoms with Gasteiger partial charge in [0, 0.05) is 17.3 Å². The van der Waals surface area contributed by atoms with Crippen molar-refractivity contribution in [2.45, 2.75) is 52.0 Å². The molecule has 1 aromatic carbocycles. The number of urea groups is 1. The van der Waals surface area contributed by atoms with Gasteiger partial charge >= 0.3 is 6.03 Å². The minimum absolute atomic E-state index is 0.159. The monoisotopic (exact) mass is 451 g/mol. The molecule has 1 spiro atoms. The fraction of sp³-hybridized carbons (Fsp3) is 0.458. The molecule has 1 aliphatic carbocycles. The fourth-order valence-electron chi connectivity index (χ4n) is 4.74. The number of aromatic amines is 1. The van der Waals surface area contributed by atoms with Crippen molar-refractivity contribution in [3.8, 4) is 11.3 Å². The summed E-state index contributed by atoms with van der Waals surface area (Å²) in [5.74, 6) is -0.291. The number of rotatable bonds is 4. The van der Waals surface area contributed by atoms with Gasteiger partial charge in [-0.1, -0.05) is 32.9 Å². The lowest BCUT2D eigenvalue weighted by Gasteiger charge is -2.40. The Kier molecular flexibility index (Phi) is 5.82. The van der Waals surface area contributed by atoms with Gasteiger partial charge in [0.2, 0.25) is 5.91 Å². The summed E-state index contributed by atoms with van der Waals surface area (Å²) in [5, 5.41) is 12.0. The summed E-state index contributed by atoms with van der Waals surface area (Å²) in [6, 6.07) is 9.39. The van der Waals surface area contributed by atoms with E-state index in [0.717, 1.165) is 17.7 Å². The molecule has 9 nitrogen and oxygen atoms in total. The van der Waals surface area contributed by atoms with Crippen LogP contribution in [0.4, 0.5) is 10.5 Å². The Morgan fingerprint density at radius 1 is 1.15 bits per heavy atom. The van der Waals surface area contributed by atoms with E-state index in [2.05, 4.69) is 41.6 Å². The third-order valence-electron chi connectivity index (χ3n) is 6.73. The molecule has 0 atom stereocenters. The number of benzene rings is 1. The van der Waals surface area contributed by atoms with Crippen molar-refractivity contribution in [2.24, 2.45) is 11.3 Å². The quantitative estimate of drug-likeness (QED) is 0.617. The van der Waals surface area contributed by atoms with Crippen LogP contribution in [-0.4, -0.2) is 45.0 Å². The highest BCUT2D eigenvalue weighted by molar-refractivity contribution is 6.10. The molecule has 4 amide bonds. The van der Waals surface area contributed by atoms with Crippen molar-refractivity contribution >= 4 is 23.5 Å². The van der Waals surface area contributed by atoms with E-state index in [4.69, 9.17) is 0 Å². The Balaban J connectivity index is 1.40. The molecule has 2 aliphatic rings. The molecule has 33 heavy (non-hydrogen) atoms. The van der Waals surface area contributed by atoms with Crippen LogP contribution in [0.1, 0.15) is 46.5 Å². The zero-order chi connectivity index (χ0) is 23.8. The van der Waals surface area contributed by atoms with Crippen molar-refractivity contribution < 1.29 is 14.4 Å². The molecule has 4 rings (SSSR count). The summed E-state index contributed by atoms with van der Waals surface area (Å²) < 4.78 is 0. The Morgan fingerprint density at radius 3 is 2.52 bits per heavy atom. The summed E-state index contributed by atoms with van der Waals surface area (Å²) in [4.78, 5) is 50.6. The van der Waals surface area contributed by atoms with Crippen molar-refractivity contribution in [3.05, 3.63) is 46.8 Å². The van der Waals surface area contributed by atoms with Crippen LogP contribution in [0.25, 0.3) is 11.3 Å². The van der Waals surface area contributed by atoms with Crippen LogP contribution >= 0.6 is 0 Å². The smallest absolute Gasteiger partial charge is 0.325 e. The summed E-state index contributed by atoms with van der Waals surface area (Å²) in [7, 11) is 0. The third-order valence-corrected chi connectivity index (χ3v) is 6.73. The molecule has 9 heteroatoms. The first-order valence-electron chi connectivity index (χ1n) is 11.2. The van der Waals surface area contributed by atoms with Gasteiger partial charge in [-0.25, -0.2) is 9.89 Å². The molecule has 0 unspecified atom stereocenters. The van der Waals surface area contributed by atoms with Crippen molar-refractivity contribution in [1.82, 2.24) is 20.4 Å². The van der Waals surface area contributed by atoms with E-state index < -0.39 is 17.5 Å². The van der Waals surface area contributed by atoms with Gasteiger partial charge in [0.05, 0.1) is 5.69 Å². The maximum absolute atomic E-state index is 13.1. The van der Waals surface area contributed by atoms with Gasteiger partial charge in [-0.2, -0.15) is 5.10 Å². The molecule has 2 aromatic rings. The highest BCUT2D eigenvalue weighted by Gasteiger charge is 2.53. The number of anilines is 1. The van der Waals surface area contributed by atoms with Crippen molar-refractivity contribution in [1.29, 1.82) is 0 Å². The van der Waals surface area contributed by atoms with Crippen LogP contribution in [0.15, 0.2) is 41.2 Å². The van der Waals surface area contributed by atoms with Gasteiger partial charge in [0.15, 0.2) is 0 Å². The first-order chi connectivity index (χ1) is 15.6. The lowest BCUT2D eigenvalue weighted by atomic mass is 9.67. The summed E-state index contributed by atoms with van der Waals surface area (Å²) >= 11 is 0. The lowest BCUT2D eigenvalue weighted by molar-refractivity contribution is -0.135. The molecule has 1 saturated carbocycles. The molecule has 1 aliphatic heterocycles. The largest absolute Gasteiger partial charge is 0.325 e. The van der Waals surface area contributed by atoms with Gasteiger partial charge in [-0.3, -0.25) is 19.3 Å². The molecular weight excluding hydrogens is 422 g/mol. The Bertz CT molecular complexity index is 1120. The SMILES string of the molecule is CC(C)(C)C1CCC2(CC1)NC(=O)N(CC(=O)Nc1cccc(-c3ccc(=O)[nH]n3)c1)C2=O. The molecule has 3 N–H and O–H groups in total. The Labute approximate surface area is 191 Å². The van der Waals surface area contributed by atoms with E-state index in [0.29, 0.717) is 35.7 Å². The third kappa shape index (κ3) is 4.67. The Morgan fingerprint density at radius 2 is 1.88 bits per heavy atom. The van der Waals surface area contributed by atoms with E-state index in [1.807, 2.05) is 0 Å². The zero-order valence-electron chi connectivity index (χ0n) is 19.1. The van der Waals surface area contributed by atoms with E-state index >= 15 is 0 Å². The molecule has 2 fully saturated rings. The van der Waals surface area contributed by atoms with Gasteiger partial charge in [0.1, 0.15) is 12.1 Å². The minimum atomic E-state index is -0.894. The van der Waals surface area contributed by atoms with Crippen molar-refractivity contribution in [2.75, 3.05) is 11.9 Å². The molecule has 2 heterocycles. The molecule has 174 valence electrons. The number of amides is 4. The predicted molar refractivity (Wildman–Crippen MR) is 123 cm³/mol. The second-order valence-corrected chi connectivity index (χ2v) is 9.98. The molecule has 0 radical (unpaired) electrons. The first-order valence-corrected chi connectivity index (χ1v) is 11.2. The van der Waals surface area contributed by atoms with Crippen LogP contribution in [0, 0.1) is 11.3 Å². The number of carbonyl (C=O) groups is 3. The second-order valence-electron chi connectivity index (χ2n) is 9.98. The fourth-order valence-corrected chi connectivity index (χ4v) is 4.74. The second kappa shape index (κ2) is 8.46. The number of H-pyrrole nitrogens is 1. The summed E-state index contributed by atoms with van der Waals surface area (Å²) in [5.41, 5.74) is 0.710. The summed E-state index contributed by atoms with van der Waals surface area (Å²) in [6.07, 6.45) is 2.90. The first kappa shape index (κ1) is 22.7. The highest BCUT2D eigenvalue weighted by Crippen LogP contribution is 2.43. The number of hydrogen-bond acceptors (Lipinski definition) is 5. The number of carbonyl (C=O) groups excluding carboxylic acids is 3. The molecular formula is C24H29N5O4. The van der Waals surface area contributed by atoms with Gasteiger partial charge < -0.3 is 10.6 Å². The van der Waals surface area contributed by atoms with Gasteiger partial charge in [-0.05, 0) is 55.2 Å². The predicted octanol–water partition coefficient (Wildman–Crippen LogP) is 2.90. The average Bonchev–Trinajstić information content (AvgIpc) is 2.98. The van der Waals surface area contributed by atoms with Crippen LogP contribution < -0.4 is 16.2 Å². The number of nitrogens with zero attached hydrogens (tertiary/aromatic N) is 2. The van der Waals surface area contributed by atoms with Crippen molar-refractivity contribution in [3.63, 3.8) is 0 Å². The number of hydrogen-bond donors (Lipinski definition) is 3. The highest BCUT2D eigenvalue weighted by atomic mass is 16.2. The number of aromatic nitrogens is 2. The molecule has 1 saturated heterocycles. The molecule has 0 bridgehead atoms. The van der Waals surface area contributed by atoms with Crippen LogP contribution in [-0.2, 0) is 9.59 Å². The topological polar surface area (TPSA) is 124 Å². The normalized spacial score (nSPS) is 23.0. The van der Waals surface area contributed by atoms with E-state index in [9.17, 15) is 19.2 Å². The Hall–Kier alpha value is -3.49. The van der Waals surface area contributed by atoms with Crippen LogP contribution in [0.5, 0.6) is 0 Å². The van der Waals surface area contributed by atoms with E-state index in [-0.39, 0.29) is 23.4 Å². The molecule has 1 aromatic heterocycles. The number of nitrogens with one attached hydrogen (secondary N) is 3. The van der Waals surface area contributed by atoms with Gasteiger partial charge in [-0.15, -0.1) is 0 Å². The maximum atomic E-state index is 13.1. The average molecular weight is 452 g/mol. The lowest BCUT2D eigenvalue weighted by Crippen LogP contribution is -2.50. The van der Waals surface area contributed by atoms with Crippen LogP contribution in [0.3, 0.4) is 0 Å². The van der Waals surface area contributed by atoms with Gasteiger partial charge in [0.25, 0.3) is 11.5 Å². The summed E-state index contributed by atoms with van der Waals surface area (Å²) in [6.45, 7) is 6.24. The minimum Gasteiger partial charge on any atom is -0.325 e. The van der Waals surface area contributed by atoms with E-state index in [1.165, 1.54) is 6.07 Å². The maximum Gasteiger partial charge on any atom is 0.325 e.